The van der Waals surface area contributed by atoms with Crippen LogP contribution >= 0.6 is 0 Å². The molecule has 1 fully saturated rings. The van der Waals surface area contributed by atoms with Gasteiger partial charge in [-0.15, -0.1) is 0 Å². The first-order valence-electron chi connectivity index (χ1n) is 11.6. The summed E-state index contributed by atoms with van der Waals surface area (Å²) >= 11 is 0. The molecule has 2 aromatic heterocycles. The highest BCUT2D eigenvalue weighted by Crippen LogP contribution is 2.30. The van der Waals surface area contributed by atoms with E-state index in [-0.39, 0.29) is 17.6 Å². The first-order valence-corrected chi connectivity index (χ1v) is 11.6. The molecule has 0 amide bonds. The maximum atomic E-state index is 13.3. The summed E-state index contributed by atoms with van der Waals surface area (Å²) in [4.78, 5) is 19.5. The van der Waals surface area contributed by atoms with Gasteiger partial charge in [-0.05, 0) is 54.8 Å². The second-order valence-corrected chi connectivity index (χ2v) is 9.36. The topological polar surface area (TPSA) is 102 Å². The second-order valence-electron chi connectivity index (χ2n) is 9.36. The van der Waals surface area contributed by atoms with Crippen molar-refractivity contribution >= 4 is 16.7 Å². The maximum Gasteiger partial charge on any atom is 0.416 e. The molecule has 0 saturated carbocycles. The molecule has 3 heterocycles. The fourth-order valence-corrected chi connectivity index (χ4v) is 4.60. The molecular weight excluding hydrogens is 492 g/mol. The summed E-state index contributed by atoms with van der Waals surface area (Å²) in [7, 11) is 0. The molecule has 37 heavy (non-hydrogen) atoms. The van der Waals surface area contributed by atoms with Crippen LogP contribution in [-0.2, 0) is 19.3 Å². The predicted octanol–water partition coefficient (Wildman–Crippen LogP) is 3.35. The summed E-state index contributed by atoms with van der Waals surface area (Å²) in [6.07, 6.45) is -1.01. The Kier molecular flexibility index (Phi) is 6.24. The smallest absolute Gasteiger partial charge is 0.398 e. The van der Waals surface area contributed by atoms with Gasteiger partial charge >= 0.3 is 6.18 Å². The zero-order valence-electron chi connectivity index (χ0n) is 19.6. The molecule has 8 nitrogen and oxygen atoms in total. The summed E-state index contributed by atoms with van der Waals surface area (Å²) in [5.41, 5.74) is 5.31. The zero-order chi connectivity index (χ0) is 26.4. The normalized spacial score (nSPS) is 16.4. The summed E-state index contributed by atoms with van der Waals surface area (Å²) in [5, 5.41) is 15.5. The minimum Gasteiger partial charge on any atom is -0.398 e. The summed E-state index contributed by atoms with van der Waals surface area (Å²) in [6.45, 7) is 1.68. The Hall–Kier alpha value is -3.77. The third-order valence-electron chi connectivity index (χ3n) is 6.75. The number of nitrogen functional groups attached to an aromatic ring is 1. The number of aliphatic hydroxyl groups is 1. The van der Waals surface area contributed by atoms with Crippen LogP contribution in [0.4, 0.5) is 23.2 Å². The van der Waals surface area contributed by atoms with Gasteiger partial charge in [0.05, 0.1) is 29.6 Å². The number of fused-ring (bicyclic) bond motifs is 1. The van der Waals surface area contributed by atoms with Crippen LogP contribution in [0.3, 0.4) is 0 Å². The highest BCUT2D eigenvalue weighted by molar-refractivity contribution is 5.74. The predicted molar refractivity (Wildman–Crippen MR) is 128 cm³/mol. The van der Waals surface area contributed by atoms with Gasteiger partial charge < -0.3 is 10.8 Å². The van der Waals surface area contributed by atoms with E-state index in [1.807, 2.05) is 0 Å². The Morgan fingerprint density at radius 2 is 1.78 bits per heavy atom. The average Bonchev–Trinajstić information content (AvgIpc) is 3.29. The number of halogens is 4. The molecule has 194 valence electrons. The number of nitrogens with two attached hydrogens (primary N) is 1. The van der Waals surface area contributed by atoms with E-state index in [1.165, 1.54) is 46.0 Å². The van der Waals surface area contributed by atoms with Crippen LogP contribution in [0.2, 0.25) is 0 Å². The maximum absolute atomic E-state index is 13.3. The first kappa shape index (κ1) is 24.9. The Labute approximate surface area is 208 Å². The van der Waals surface area contributed by atoms with Gasteiger partial charge in [0.25, 0.3) is 5.56 Å². The minimum atomic E-state index is -4.46. The van der Waals surface area contributed by atoms with Gasteiger partial charge in [0.2, 0.25) is 0 Å². The molecule has 0 aliphatic carbocycles. The third-order valence-corrected chi connectivity index (χ3v) is 6.75. The van der Waals surface area contributed by atoms with Crippen molar-refractivity contribution in [2.75, 3.05) is 18.8 Å². The average molecular weight is 516 g/mol. The lowest BCUT2D eigenvalue weighted by atomic mass is 9.91. The number of benzene rings is 2. The van der Waals surface area contributed by atoms with Crippen molar-refractivity contribution < 1.29 is 22.7 Å². The number of nitrogens with zero attached hydrogens (tertiary/aromatic N) is 5. The fraction of sp³-hybridized carbons (Fsp3) is 0.320. The molecule has 3 N–H and O–H groups in total. The lowest BCUT2D eigenvalue weighted by molar-refractivity contribution is -0.137. The van der Waals surface area contributed by atoms with Crippen LogP contribution in [-0.4, -0.2) is 48.0 Å². The van der Waals surface area contributed by atoms with Crippen molar-refractivity contribution in [3.63, 3.8) is 0 Å². The van der Waals surface area contributed by atoms with E-state index in [2.05, 4.69) is 15.0 Å². The molecule has 0 atom stereocenters. The van der Waals surface area contributed by atoms with Crippen molar-refractivity contribution in [3.05, 3.63) is 82.3 Å². The van der Waals surface area contributed by atoms with Crippen molar-refractivity contribution in [1.82, 2.24) is 24.2 Å². The number of aromatic nitrogens is 4. The molecule has 0 radical (unpaired) electrons. The van der Waals surface area contributed by atoms with Crippen LogP contribution < -0.4 is 11.3 Å². The molecule has 1 saturated heterocycles. The monoisotopic (exact) mass is 516 g/mol. The van der Waals surface area contributed by atoms with Crippen LogP contribution in [0, 0.1) is 5.82 Å². The standard InChI is InChI=1S/C25H24F4N6O2/c26-18-4-1-16(21(30)11-18)13-33-9-7-24(37,8-10-33)14-34-15-31-22-20(23(34)36)12-32-35(22)19-5-2-17(3-6-19)25(27,28)29/h1-6,11-12,15,37H,7-10,13-14,30H2. The molecule has 12 heteroatoms. The number of piperidine rings is 1. The number of hydrogen-bond acceptors (Lipinski definition) is 6. The molecule has 0 unspecified atom stereocenters. The largest absolute Gasteiger partial charge is 0.416 e. The molecule has 5 rings (SSSR count). The van der Waals surface area contributed by atoms with E-state index in [1.54, 1.807) is 6.07 Å². The molecule has 2 aromatic carbocycles. The van der Waals surface area contributed by atoms with Crippen molar-refractivity contribution in [3.8, 4) is 5.69 Å². The van der Waals surface area contributed by atoms with E-state index in [4.69, 9.17) is 5.73 Å². The van der Waals surface area contributed by atoms with E-state index in [0.717, 1.165) is 17.7 Å². The van der Waals surface area contributed by atoms with E-state index in [9.17, 15) is 27.5 Å². The molecule has 0 spiro atoms. The van der Waals surface area contributed by atoms with Crippen molar-refractivity contribution in [2.24, 2.45) is 0 Å². The SMILES string of the molecule is Nc1cc(F)ccc1CN1CCC(O)(Cn2cnc3c(cnn3-c3ccc(C(F)(F)F)cc3)c2=O)CC1. The molecular formula is C25H24F4N6O2. The summed E-state index contributed by atoms with van der Waals surface area (Å²) < 4.78 is 54.5. The summed E-state index contributed by atoms with van der Waals surface area (Å²) in [5.74, 6) is -0.393. The number of hydrogen-bond donors (Lipinski definition) is 2. The third kappa shape index (κ3) is 5.07. The zero-order valence-corrected chi connectivity index (χ0v) is 19.6. The van der Waals surface area contributed by atoms with E-state index < -0.39 is 28.7 Å². The van der Waals surface area contributed by atoms with Gasteiger partial charge in [-0.1, -0.05) is 6.07 Å². The number of alkyl halides is 3. The van der Waals surface area contributed by atoms with Gasteiger partial charge in [0.1, 0.15) is 17.5 Å². The van der Waals surface area contributed by atoms with Gasteiger partial charge in [-0.25, -0.2) is 14.1 Å². The molecule has 1 aliphatic rings. The van der Waals surface area contributed by atoms with Gasteiger partial charge in [0.15, 0.2) is 5.65 Å². The van der Waals surface area contributed by atoms with Crippen LogP contribution in [0.5, 0.6) is 0 Å². The van der Waals surface area contributed by atoms with E-state index in [0.29, 0.717) is 43.9 Å². The molecule has 0 bridgehead atoms. The highest BCUT2D eigenvalue weighted by Gasteiger charge is 2.34. The molecule has 4 aromatic rings. The lowest BCUT2D eigenvalue weighted by Crippen LogP contribution is -2.47. The van der Waals surface area contributed by atoms with Crippen LogP contribution in [0.25, 0.3) is 16.7 Å². The molecule has 1 aliphatic heterocycles. The summed E-state index contributed by atoms with van der Waals surface area (Å²) in [6, 6.07) is 8.70. The first-order chi connectivity index (χ1) is 17.5. The minimum absolute atomic E-state index is 0.0345. The number of rotatable bonds is 5. The van der Waals surface area contributed by atoms with Gasteiger partial charge in [-0.3, -0.25) is 14.3 Å². The fourth-order valence-electron chi connectivity index (χ4n) is 4.60. The number of likely N-dealkylation sites (tertiary alicyclic amines) is 1. The quantitative estimate of drug-likeness (QED) is 0.312. The highest BCUT2D eigenvalue weighted by atomic mass is 19.4. The van der Waals surface area contributed by atoms with Crippen molar-refractivity contribution in [2.45, 2.75) is 37.7 Å². The second kappa shape index (κ2) is 9.27. The van der Waals surface area contributed by atoms with Crippen LogP contribution in [0.15, 0.2) is 59.8 Å². The van der Waals surface area contributed by atoms with Gasteiger partial charge in [0, 0.05) is 25.3 Å². The number of anilines is 1. The Balaban J connectivity index is 1.30. The Bertz CT molecular complexity index is 1490. The van der Waals surface area contributed by atoms with Gasteiger partial charge in [-0.2, -0.15) is 18.3 Å². The Morgan fingerprint density at radius 1 is 1.08 bits per heavy atom. The lowest BCUT2D eigenvalue weighted by Gasteiger charge is -2.38. The van der Waals surface area contributed by atoms with E-state index >= 15 is 0 Å². The van der Waals surface area contributed by atoms with Crippen molar-refractivity contribution in [1.29, 1.82) is 0 Å². The Morgan fingerprint density at radius 3 is 2.43 bits per heavy atom. The van der Waals surface area contributed by atoms with Crippen LogP contribution in [0.1, 0.15) is 24.0 Å².